The van der Waals surface area contributed by atoms with Crippen LogP contribution in [0.1, 0.15) is 0 Å². The number of rotatable bonds is 2. The van der Waals surface area contributed by atoms with Gasteiger partial charge in [-0.15, -0.1) is 25.3 Å². The predicted molar refractivity (Wildman–Crippen MR) is 46.5 cm³/mol. The van der Waals surface area contributed by atoms with Gasteiger partial charge in [-0.05, 0) is 10.4 Å². The third-order valence-corrected chi connectivity index (χ3v) is 2.75. The summed E-state index contributed by atoms with van der Waals surface area (Å²) in [7, 11) is 5.79. The van der Waals surface area contributed by atoms with Gasteiger partial charge in [0.15, 0.2) is 0 Å². The van der Waals surface area contributed by atoms with Gasteiger partial charge in [-0.3, -0.25) is 9.59 Å². The molecule has 0 unspecified atom stereocenters. The van der Waals surface area contributed by atoms with Crippen molar-refractivity contribution in [2.75, 3.05) is 0 Å². The molecule has 50 valence electrons. The van der Waals surface area contributed by atoms with E-state index in [-0.39, 0.29) is 10.4 Å². The Balaban J connectivity index is 4.67. The van der Waals surface area contributed by atoms with Crippen LogP contribution in [-0.2, 0) is 9.59 Å². The fourth-order valence-electron chi connectivity index (χ4n) is 0.214. The molecule has 6 heteroatoms. The fourth-order valence-corrected chi connectivity index (χ4v) is 0.875. The smallest absolute Gasteiger partial charge is 0.207 e. The Morgan fingerprint density at radius 1 is 0.900 bits per heavy atom. The van der Waals surface area contributed by atoms with Crippen LogP contribution in [0.3, 0.4) is 0 Å². The molecule has 0 saturated heterocycles. The lowest BCUT2D eigenvalue weighted by atomic mass is 10.5. The zero-order valence-corrected chi connectivity index (χ0v) is 8.50. The topological polar surface area (TPSA) is 34.1 Å². The van der Waals surface area contributed by atoms with Gasteiger partial charge in [0.05, 0.1) is 20.5 Å². The summed E-state index contributed by atoms with van der Waals surface area (Å²) in [5.41, 5.74) is 0. The lowest BCUT2D eigenvalue weighted by Crippen LogP contribution is -2.04. The normalized spacial score (nSPS) is 12.4. The van der Waals surface area contributed by atoms with Crippen LogP contribution in [0.4, 0.5) is 0 Å². The molecule has 0 amide bonds. The fraction of sp³-hybridized carbons (Fsp3) is 0. The molecule has 0 aromatic carbocycles. The summed E-state index contributed by atoms with van der Waals surface area (Å²) in [6.45, 7) is 0. The SMILES string of the molecule is O=C(S)/C([Si])=C(\[Si])C(=O)S. The number of hydrogen-bond donors (Lipinski definition) is 2. The maximum absolute atomic E-state index is 10.4. The predicted octanol–water partition coefficient (Wildman–Crippen LogP) is -0.552. The van der Waals surface area contributed by atoms with Gasteiger partial charge in [-0.2, -0.15) is 0 Å². The standard InChI is InChI=1S/C4H2O2S2Si2/c5-3(7)1(9)2(10)4(6)8/h(H,5,7)(H,6,8)/b2-1+. The first-order valence-corrected chi connectivity index (χ1v) is 4.00. The van der Waals surface area contributed by atoms with Gasteiger partial charge in [0.25, 0.3) is 0 Å². The molecule has 0 aliphatic heterocycles. The van der Waals surface area contributed by atoms with Crippen molar-refractivity contribution >= 4 is 56.0 Å². The van der Waals surface area contributed by atoms with Crippen LogP contribution in [0.25, 0.3) is 0 Å². The minimum atomic E-state index is -0.524. The average Bonchev–Trinajstić information content (AvgIpc) is 1.84. The molecule has 0 rings (SSSR count). The van der Waals surface area contributed by atoms with Crippen molar-refractivity contribution in [2.45, 2.75) is 0 Å². The highest BCUT2D eigenvalue weighted by Gasteiger charge is 2.06. The summed E-state index contributed by atoms with van der Waals surface area (Å²) in [5, 5.41) is -0.909. The Morgan fingerprint density at radius 2 is 1.10 bits per heavy atom. The highest BCUT2D eigenvalue weighted by Crippen LogP contribution is 2.03. The highest BCUT2D eigenvalue weighted by molar-refractivity contribution is 7.98. The molecule has 0 bridgehead atoms. The summed E-state index contributed by atoms with van der Waals surface area (Å²) in [6.07, 6.45) is 0. The van der Waals surface area contributed by atoms with Crippen LogP contribution in [0, 0.1) is 0 Å². The lowest BCUT2D eigenvalue weighted by Gasteiger charge is -1.96. The van der Waals surface area contributed by atoms with E-state index in [0.29, 0.717) is 0 Å². The lowest BCUT2D eigenvalue weighted by molar-refractivity contribution is -0.109. The monoisotopic (exact) mass is 202 g/mol. The van der Waals surface area contributed by atoms with Crippen molar-refractivity contribution in [3.63, 3.8) is 0 Å². The van der Waals surface area contributed by atoms with Crippen LogP contribution < -0.4 is 0 Å². The summed E-state index contributed by atoms with van der Waals surface area (Å²) in [5.74, 6) is 0. The third kappa shape index (κ3) is 2.87. The maximum Gasteiger partial charge on any atom is 0.207 e. The molecule has 0 aliphatic rings. The van der Waals surface area contributed by atoms with E-state index in [9.17, 15) is 9.59 Å². The van der Waals surface area contributed by atoms with E-state index >= 15 is 0 Å². The van der Waals surface area contributed by atoms with Gasteiger partial charge in [0, 0.05) is 0 Å². The van der Waals surface area contributed by atoms with Crippen molar-refractivity contribution in [1.82, 2.24) is 0 Å². The van der Waals surface area contributed by atoms with E-state index in [1.807, 2.05) is 0 Å². The third-order valence-electron chi connectivity index (χ3n) is 0.678. The van der Waals surface area contributed by atoms with Crippen molar-refractivity contribution in [1.29, 1.82) is 0 Å². The van der Waals surface area contributed by atoms with Gasteiger partial charge < -0.3 is 0 Å². The van der Waals surface area contributed by atoms with Crippen LogP contribution in [0.15, 0.2) is 10.4 Å². The molecule has 0 fully saturated rings. The Hall–Kier alpha value is 0.214. The van der Waals surface area contributed by atoms with E-state index in [1.54, 1.807) is 0 Å². The molecular weight excluding hydrogens is 200 g/mol. The minimum absolute atomic E-state index is 0.0694. The Morgan fingerprint density at radius 3 is 1.20 bits per heavy atom. The Bertz CT molecular complexity index is 189. The maximum atomic E-state index is 10.4. The summed E-state index contributed by atoms with van der Waals surface area (Å²) >= 11 is 6.93. The van der Waals surface area contributed by atoms with E-state index in [1.165, 1.54) is 0 Å². The molecule has 0 aromatic heterocycles. The second-order valence-electron chi connectivity index (χ2n) is 1.36. The second kappa shape index (κ2) is 4.17. The zero-order valence-electron chi connectivity index (χ0n) is 4.71. The largest absolute Gasteiger partial charge is 0.283 e. The van der Waals surface area contributed by atoms with E-state index < -0.39 is 10.2 Å². The van der Waals surface area contributed by atoms with Crippen molar-refractivity contribution < 1.29 is 9.59 Å². The van der Waals surface area contributed by atoms with Gasteiger partial charge >= 0.3 is 0 Å². The molecule has 0 N–H and O–H groups in total. The van der Waals surface area contributed by atoms with Gasteiger partial charge in [-0.1, -0.05) is 0 Å². The molecule has 0 atom stereocenters. The first kappa shape index (κ1) is 10.2. The quantitative estimate of drug-likeness (QED) is 0.358. The molecule has 0 spiro atoms. The number of carbonyl (C=O) groups is 2. The molecule has 0 aromatic rings. The van der Waals surface area contributed by atoms with E-state index in [2.05, 4.69) is 45.7 Å². The minimum Gasteiger partial charge on any atom is -0.283 e. The number of hydrogen-bond acceptors (Lipinski definition) is 2. The van der Waals surface area contributed by atoms with Crippen LogP contribution in [0.2, 0.25) is 0 Å². The van der Waals surface area contributed by atoms with Crippen LogP contribution in [-0.4, -0.2) is 30.7 Å². The van der Waals surface area contributed by atoms with Gasteiger partial charge in [0.2, 0.25) is 10.2 Å². The number of thiol groups is 2. The molecule has 10 heavy (non-hydrogen) atoms. The summed E-state index contributed by atoms with van der Waals surface area (Å²) < 4.78 is 0. The summed E-state index contributed by atoms with van der Waals surface area (Å²) in [6, 6.07) is 0. The molecule has 0 heterocycles. The van der Waals surface area contributed by atoms with Gasteiger partial charge in [-0.25, -0.2) is 0 Å². The van der Waals surface area contributed by atoms with Crippen molar-refractivity contribution in [3.05, 3.63) is 10.4 Å². The van der Waals surface area contributed by atoms with E-state index in [4.69, 9.17) is 0 Å². The molecule has 0 saturated carbocycles. The van der Waals surface area contributed by atoms with E-state index in [0.717, 1.165) is 0 Å². The first-order chi connectivity index (χ1) is 4.46. The highest BCUT2D eigenvalue weighted by atomic mass is 32.1. The Kier molecular flexibility index (Phi) is 4.26. The summed E-state index contributed by atoms with van der Waals surface area (Å²) in [4.78, 5) is 20.9. The van der Waals surface area contributed by atoms with Crippen molar-refractivity contribution in [3.8, 4) is 0 Å². The molecule has 0 aliphatic carbocycles. The zero-order chi connectivity index (χ0) is 8.31. The van der Waals surface area contributed by atoms with Crippen LogP contribution >= 0.6 is 25.3 Å². The van der Waals surface area contributed by atoms with Crippen LogP contribution in [0.5, 0.6) is 0 Å². The Labute approximate surface area is 76.1 Å². The van der Waals surface area contributed by atoms with Crippen molar-refractivity contribution in [2.24, 2.45) is 0 Å². The molecule has 2 nitrogen and oxygen atoms in total. The molecular formula is C4H2O2S2Si2. The van der Waals surface area contributed by atoms with Gasteiger partial charge in [0.1, 0.15) is 0 Å². The number of carbonyl (C=O) groups excluding carboxylic acids is 2. The second-order valence-corrected chi connectivity index (χ2v) is 3.17. The average molecular weight is 202 g/mol. The first-order valence-electron chi connectivity index (χ1n) is 2.11. The molecule has 6 radical (unpaired) electrons.